The van der Waals surface area contributed by atoms with Crippen molar-refractivity contribution in [1.82, 2.24) is 9.38 Å². The zero-order valence-electron chi connectivity index (χ0n) is 7.07. The smallest absolute Gasteiger partial charge is 0.179 e. The highest BCUT2D eigenvalue weighted by atomic mass is 16.3. The molecule has 2 aromatic heterocycles. The second kappa shape index (κ2) is 2.24. The van der Waals surface area contributed by atoms with Gasteiger partial charge in [-0.05, 0) is 25.5 Å². The molecule has 0 aromatic carbocycles. The van der Waals surface area contributed by atoms with Gasteiger partial charge in [-0.3, -0.25) is 0 Å². The van der Waals surface area contributed by atoms with Crippen LogP contribution in [0.25, 0.3) is 5.65 Å². The highest BCUT2D eigenvalue weighted by Crippen LogP contribution is 2.18. The molecule has 0 fully saturated rings. The third-order valence-corrected chi connectivity index (χ3v) is 1.79. The topological polar surface area (TPSA) is 37.5 Å². The van der Waals surface area contributed by atoms with Crippen LogP contribution in [-0.2, 0) is 0 Å². The molecule has 0 aliphatic rings. The van der Waals surface area contributed by atoms with E-state index < -0.39 is 0 Å². The van der Waals surface area contributed by atoms with Crippen molar-refractivity contribution in [2.24, 2.45) is 0 Å². The number of hydrogen-bond donors (Lipinski definition) is 1. The third kappa shape index (κ3) is 0.942. The average molecular weight is 162 g/mol. The van der Waals surface area contributed by atoms with Gasteiger partial charge in [-0.15, -0.1) is 0 Å². The predicted octanol–water partition coefficient (Wildman–Crippen LogP) is 1.66. The quantitative estimate of drug-likeness (QED) is 0.639. The van der Waals surface area contributed by atoms with E-state index in [1.807, 2.05) is 30.6 Å². The van der Waals surface area contributed by atoms with Crippen molar-refractivity contribution in [3.8, 4) is 5.75 Å². The van der Waals surface area contributed by atoms with Gasteiger partial charge in [0.25, 0.3) is 0 Å². The van der Waals surface area contributed by atoms with Gasteiger partial charge in [0.05, 0.1) is 5.69 Å². The monoisotopic (exact) mass is 162 g/mol. The summed E-state index contributed by atoms with van der Waals surface area (Å²) in [5.41, 5.74) is 2.56. The lowest BCUT2D eigenvalue weighted by atomic mass is 10.3. The Balaban J connectivity index is 2.88. The molecular formula is C9H10N2O. The summed E-state index contributed by atoms with van der Waals surface area (Å²) in [4.78, 5) is 4.17. The Labute approximate surface area is 70.3 Å². The van der Waals surface area contributed by atoms with Gasteiger partial charge in [-0.1, -0.05) is 0 Å². The van der Waals surface area contributed by atoms with E-state index in [4.69, 9.17) is 0 Å². The van der Waals surface area contributed by atoms with Gasteiger partial charge in [0.2, 0.25) is 0 Å². The highest BCUT2D eigenvalue weighted by molar-refractivity contribution is 5.54. The summed E-state index contributed by atoms with van der Waals surface area (Å²) < 4.78 is 1.83. The fourth-order valence-electron chi connectivity index (χ4n) is 1.34. The molecule has 0 saturated carbocycles. The number of pyridine rings is 1. The molecule has 2 heterocycles. The van der Waals surface area contributed by atoms with Gasteiger partial charge in [0.15, 0.2) is 11.4 Å². The lowest BCUT2D eigenvalue weighted by molar-refractivity contribution is 0.477. The van der Waals surface area contributed by atoms with Crippen LogP contribution in [0.5, 0.6) is 5.75 Å². The standard InChI is InChI=1S/C9H10N2O/c1-6-3-8(12)9-10-7(2)5-11(9)4-6/h3-5,12H,1-2H3. The molecule has 2 rings (SSSR count). The van der Waals surface area contributed by atoms with Gasteiger partial charge < -0.3 is 9.51 Å². The molecule has 0 aliphatic heterocycles. The van der Waals surface area contributed by atoms with Crippen molar-refractivity contribution >= 4 is 5.65 Å². The molecule has 1 N–H and O–H groups in total. The minimum Gasteiger partial charge on any atom is -0.504 e. The second-order valence-electron chi connectivity index (χ2n) is 3.02. The summed E-state index contributed by atoms with van der Waals surface area (Å²) in [6, 6.07) is 1.71. The number of rotatable bonds is 0. The molecule has 2 aromatic rings. The number of nitrogens with zero attached hydrogens (tertiary/aromatic N) is 2. The molecule has 3 nitrogen and oxygen atoms in total. The van der Waals surface area contributed by atoms with Crippen molar-refractivity contribution < 1.29 is 5.11 Å². The van der Waals surface area contributed by atoms with Gasteiger partial charge in [-0.2, -0.15) is 0 Å². The molecule has 3 heteroatoms. The maximum atomic E-state index is 9.48. The van der Waals surface area contributed by atoms with E-state index in [1.165, 1.54) is 0 Å². The molecule has 0 unspecified atom stereocenters. The number of imidazole rings is 1. The highest BCUT2D eigenvalue weighted by Gasteiger charge is 2.02. The van der Waals surface area contributed by atoms with Crippen LogP contribution in [0.2, 0.25) is 0 Å². The number of aromatic nitrogens is 2. The van der Waals surface area contributed by atoms with Crippen molar-refractivity contribution in [2.75, 3.05) is 0 Å². The van der Waals surface area contributed by atoms with Gasteiger partial charge in [0.1, 0.15) is 0 Å². The van der Waals surface area contributed by atoms with Crippen LogP contribution in [-0.4, -0.2) is 14.5 Å². The van der Waals surface area contributed by atoms with Gasteiger partial charge in [0, 0.05) is 12.4 Å². The summed E-state index contributed by atoms with van der Waals surface area (Å²) in [6.45, 7) is 3.84. The molecular weight excluding hydrogens is 152 g/mol. The van der Waals surface area contributed by atoms with Crippen LogP contribution in [0, 0.1) is 13.8 Å². The molecule has 0 amide bonds. The van der Waals surface area contributed by atoms with E-state index in [9.17, 15) is 5.11 Å². The SMILES string of the molecule is Cc1cc(O)c2nc(C)cn2c1. The Morgan fingerprint density at radius 3 is 2.83 bits per heavy atom. The van der Waals surface area contributed by atoms with Crippen molar-refractivity contribution in [3.63, 3.8) is 0 Å². The Morgan fingerprint density at radius 1 is 1.33 bits per heavy atom. The first kappa shape index (κ1) is 7.16. The maximum absolute atomic E-state index is 9.48. The summed E-state index contributed by atoms with van der Waals surface area (Å²) in [6.07, 6.45) is 3.83. The van der Waals surface area contributed by atoms with Gasteiger partial charge in [-0.25, -0.2) is 4.98 Å². The predicted molar refractivity (Wildman–Crippen MR) is 46.3 cm³/mol. The first-order valence-corrected chi connectivity index (χ1v) is 3.82. The fourth-order valence-corrected chi connectivity index (χ4v) is 1.34. The molecule has 0 radical (unpaired) electrons. The van der Waals surface area contributed by atoms with Crippen molar-refractivity contribution in [3.05, 3.63) is 29.7 Å². The molecule has 0 saturated heterocycles. The van der Waals surface area contributed by atoms with Gasteiger partial charge >= 0.3 is 0 Å². The Morgan fingerprint density at radius 2 is 2.08 bits per heavy atom. The molecule has 0 aliphatic carbocycles. The van der Waals surface area contributed by atoms with Crippen LogP contribution >= 0.6 is 0 Å². The van der Waals surface area contributed by atoms with E-state index in [2.05, 4.69) is 4.98 Å². The molecule has 0 atom stereocenters. The number of hydrogen-bond acceptors (Lipinski definition) is 2. The molecule has 62 valence electrons. The largest absolute Gasteiger partial charge is 0.504 e. The summed E-state index contributed by atoms with van der Waals surface area (Å²) in [5.74, 6) is 0.239. The van der Waals surface area contributed by atoms with E-state index in [-0.39, 0.29) is 5.75 Å². The third-order valence-electron chi connectivity index (χ3n) is 1.79. The minimum atomic E-state index is 0.239. The Kier molecular flexibility index (Phi) is 1.33. The first-order valence-electron chi connectivity index (χ1n) is 3.82. The van der Waals surface area contributed by atoms with Crippen LogP contribution in [0.3, 0.4) is 0 Å². The Hall–Kier alpha value is -1.51. The number of fused-ring (bicyclic) bond motifs is 1. The summed E-state index contributed by atoms with van der Waals surface area (Å²) >= 11 is 0. The average Bonchev–Trinajstić information content (AvgIpc) is 2.29. The lowest BCUT2D eigenvalue weighted by Gasteiger charge is -1.97. The number of aryl methyl sites for hydroxylation is 2. The Bertz CT molecular complexity index is 431. The van der Waals surface area contributed by atoms with Crippen molar-refractivity contribution in [1.29, 1.82) is 0 Å². The van der Waals surface area contributed by atoms with E-state index in [0.29, 0.717) is 5.65 Å². The van der Waals surface area contributed by atoms with E-state index >= 15 is 0 Å². The van der Waals surface area contributed by atoms with E-state index in [0.717, 1.165) is 11.3 Å². The number of aromatic hydroxyl groups is 1. The van der Waals surface area contributed by atoms with Crippen LogP contribution in [0.15, 0.2) is 18.5 Å². The fraction of sp³-hybridized carbons (Fsp3) is 0.222. The van der Waals surface area contributed by atoms with Crippen molar-refractivity contribution in [2.45, 2.75) is 13.8 Å². The zero-order valence-corrected chi connectivity index (χ0v) is 7.07. The van der Waals surface area contributed by atoms with Crippen LogP contribution < -0.4 is 0 Å². The van der Waals surface area contributed by atoms with Crippen LogP contribution in [0.1, 0.15) is 11.3 Å². The lowest BCUT2D eigenvalue weighted by Crippen LogP contribution is -1.84. The van der Waals surface area contributed by atoms with Crippen LogP contribution in [0.4, 0.5) is 0 Å². The zero-order chi connectivity index (χ0) is 8.72. The second-order valence-corrected chi connectivity index (χ2v) is 3.02. The maximum Gasteiger partial charge on any atom is 0.179 e. The normalized spacial score (nSPS) is 10.8. The first-order chi connectivity index (χ1) is 5.66. The molecule has 0 spiro atoms. The summed E-state index contributed by atoms with van der Waals surface area (Å²) in [7, 11) is 0. The van der Waals surface area contributed by atoms with E-state index in [1.54, 1.807) is 6.07 Å². The molecule has 0 bridgehead atoms. The molecule has 12 heavy (non-hydrogen) atoms. The minimum absolute atomic E-state index is 0.239. The summed E-state index contributed by atoms with van der Waals surface area (Å²) in [5, 5.41) is 9.48.